The van der Waals surface area contributed by atoms with Crippen LogP contribution in [0.2, 0.25) is 0 Å². The Morgan fingerprint density at radius 1 is 1.38 bits per heavy atom. The van der Waals surface area contributed by atoms with Gasteiger partial charge in [-0.25, -0.2) is 4.79 Å². The minimum Gasteiger partial charge on any atom is -0.449 e. The summed E-state index contributed by atoms with van der Waals surface area (Å²) in [4.78, 5) is 11.5. The quantitative estimate of drug-likeness (QED) is 0.389. The summed E-state index contributed by atoms with van der Waals surface area (Å²) in [6.45, 7) is 0.949. The van der Waals surface area contributed by atoms with E-state index < -0.39 is 18.4 Å². The molecule has 2 aliphatic carbocycles. The molecule has 2 atom stereocenters. The minimum atomic E-state index is -1.48. The molecule has 1 amide bonds. The maximum Gasteiger partial charge on any atom is 0.407 e. The number of hydrogen-bond acceptors (Lipinski definition) is 5. The van der Waals surface area contributed by atoms with Gasteiger partial charge >= 0.3 is 6.09 Å². The molecule has 5 N–H and O–H groups in total. The average Bonchev–Trinajstić information content (AvgIpc) is 2.89. The first kappa shape index (κ1) is 16.0. The van der Waals surface area contributed by atoms with E-state index in [1.165, 1.54) is 0 Å². The van der Waals surface area contributed by atoms with Gasteiger partial charge in [-0.15, -0.1) is 0 Å². The van der Waals surface area contributed by atoms with E-state index in [-0.39, 0.29) is 5.41 Å². The van der Waals surface area contributed by atoms with Crippen molar-refractivity contribution < 1.29 is 19.7 Å². The fourth-order valence-electron chi connectivity index (χ4n) is 2.59. The summed E-state index contributed by atoms with van der Waals surface area (Å²) < 4.78 is 5.20. The third-order valence-corrected chi connectivity index (χ3v) is 4.16. The SMILES string of the molecule is N[C@@H](CCCCNC(=O)OCC1CC12C=CC=C2)C(O)O. The molecule has 1 saturated carbocycles. The second-order valence-electron chi connectivity index (χ2n) is 5.83. The van der Waals surface area contributed by atoms with Gasteiger partial charge in [-0.2, -0.15) is 0 Å². The molecule has 0 bridgehead atoms. The zero-order valence-corrected chi connectivity index (χ0v) is 12.1. The number of unbranched alkanes of at least 4 members (excludes halogenated alkanes) is 1. The van der Waals surface area contributed by atoms with E-state index in [4.69, 9.17) is 20.7 Å². The second kappa shape index (κ2) is 7.06. The molecule has 6 heteroatoms. The van der Waals surface area contributed by atoms with Gasteiger partial charge < -0.3 is 26.0 Å². The third-order valence-electron chi connectivity index (χ3n) is 4.16. The number of nitrogens with two attached hydrogens (primary N) is 1. The molecule has 0 radical (unpaired) electrons. The molecule has 1 unspecified atom stereocenters. The number of aliphatic hydroxyl groups is 2. The first-order valence-electron chi connectivity index (χ1n) is 7.43. The van der Waals surface area contributed by atoms with Crippen molar-refractivity contribution in [1.29, 1.82) is 0 Å². The number of carbonyl (C=O) groups is 1. The molecule has 0 aromatic heterocycles. The highest BCUT2D eigenvalue weighted by molar-refractivity contribution is 5.67. The number of ether oxygens (including phenoxy) is 1. The predicted molar refractivity (Wildman–Crippen MR) is 78.2 cm³/mol. The molecule has 6 nitrogen and oxygen atoms in total. The van der Waals surface area contributed by atoms with Crippen LogP contribution in [0.5, 0.6) is 0 Å². The molecular weight excluding hydrogens is 272 g/mol. The normalized spacial score (nSPS) is 22.8. The number of carbonyl (C=O) groups excluding carboxylic acids is 1. The van der Waals surface area contributed by atoms with E-state index in [1.54, 1.807) is 0 Å². The maximum atomic E-state index is 11.5. The molecule has 1 fully saturated rings. The maximum absolute atomic E-state index is 11.5. The van der Waals surface area contributed by atoms with E-state index in [0.717, 1.165) is 19.3 Å². The van der Waals surface area contributed by atoms with Crippen LogP contribution in [0.25, 0.3) is 0 Å². The van der Waals surface area contributed by atoms with Crippen LogP contribution in [-0.2, 0) is 4.74 Å². The van der Waals surface area contributed by atoms with Crippen LogP contribution >= 0.6 is 0 Å². The molecule has 2 aliphatic rings. The molecule has 21 heavy (non-hydrogen) atoms. The van der Waals surface area contributed by atoms with E-state index in [1.807, 2.05) is 12.2 Å². The highest BCUT2D eigenvalue weighted by Gasteiger charge is 2.51. The Morgan fingerprint density at radius 3 is 2.76 bits per heavy atom. The molecule has 0 saturated heterocycles. The monoisotopic (exact) mass is 296 g/mol. The van der Waals surface area contributed by atoms with Crippen molar-refractivity contribution in [2.24, 2.45) is 17.1 Å². The van der Waals surface area contributed by atoms with Gasteiger partial charge in [0.25, 0.3) is 0 Å². The van der Waals surface area contributed by atoms with Crippen molar-refractivity contribution in [3.63, 3.8) is 0 Å². The van der Waals surface area contributed by atoms with Gasteiger partial charge in [0, 0.05) is 17.9 Å². The van der Waals surface area contributed by atoms with Crippen LogP contribution in [0.3, 0.4) is 0 Å². The Hall–Kier alpha value is -1.37. The smallest absolute Gasteiger partial charge is 0.407 e. The number of hydrogen-bond donors (Lipinski definition) is 4. The Balaban J connectivity index is 1.47. The molecule has 0 aliphatic heterocycles. The standard InChI is InChI=1S/C15H24N2O4/c16-12(13(18)19)5-1-4-8-17-14(20)21-10-11-9-15(11)6-2-3-7-15/h2-3,6-7,11-13,18-19H,1,4-5,8-10,16H2,(H,17,20)/t11?,12-/m0/s1. The summed E-state index contributed by atoms with van der Waals surface area (Å²) in [6.07, 6.45) is 9.54. The lowest BCUT2D eigenvalue weighted by Gasteiger charge is -2.13. The van der Waals surface area contributed by atoms with Crippen LogP contribution in [0, 0.1) is 11.3 Å². The van der Waals surface area contributed by atoms with Crippen LogP contribution in [0.4, 0.5) is 4.79 Å². The number of alkyl carbamates (subject to hydrolysis) is 1. The first-order valence-corrected chi connectivity index (χ1v) is 7.43. The van der Waals surface area contributed by atoms with Crippen LogP contribution in [-0.4, -0.2) is 41.8 Å². The van der Waals surface area contributed by atoms with Gasteiger partial charge in [0.05, 0.1) is 12.6 Å². The van der Waals surface area contributed by atoms with Crippen molar-refractivity contribution in [1.82, 2.24) is 5.32 Å². The molecule has 2 rings (SSSR count). The summed E-state index contributed by atoms with van der Waals surface area (Å²) in [7, 11) is 0. The molecular formula is C15H24N2O4. The van der Waals surface area contributed by atoms with Crippen molar-refractivity contribution >= 4 is 6.09 Å². The minimum absolute atomic E-state index is 0.154. The lowest BCUT2D eigenvalue weighted by molar-refractivity contribution is -0.0599. The Morgan fingerprint density at radius 2 is 2.10 bits per heavy atom. The Kier molecular flexibility index (Phi) is 5.39. The largest absolute Gasteiger partial charge is 0.449 e. The molecule has 118 valence electrons. The number of rotatable bonds is 8. The van der Waals surface area contributed by atoms with Gasteiger partial charge in [-0.3, -0.25) is 0 Å². The lowest BCUT2D eigenvalue weighted by Crippen LogP contribution is -2.34. The third kappa shape index (κ3) is 4.56. The molecule has 0 heterocycles. The van der Waals surface area contributed by atoms with Crippen molar-refractivity contribution in [2.75, 3.05) is 13.2 Å². The fourth-order valence-corrected chi connectivity index (χ4v) is 2.59. The zero-order valence-electron chi connectivity index (χ0n) is 12.1. The van der Waals surface area contributed by atoms with E-state index in [2.05, 4.69) is 17.5 Å². The zero-order chi connectivity index (χ0) is 15.3. The number of nitrogens with one attached hydrogen (secondary N) is 1. The van der Waals surface area contributed by atoms with Crippen molar-refractivity contribution in [3.8, 4) is 0 Å². The van der Waals surface area contributed by atoms with Gasteiger partial charge in [-0.05, 0) is 25.7 Å². The number of amides is 1. The summed E-state index contributed by atoms with van der Waals surface area (Å²) in [5.41, 5.74) is 5.63. The highest BCUT2D eigenvalue weighted by Crippen LogP contribution is 2.56. The molecule has 1 spiro atoms. The summed E-state index contributed by atoms with van der Waals surface area (Å²) in [5.74, 6) is 0.405. The average molecular weight is 296 g/mol. The van der Waals surface area contributed by atoms with E-state index in [0.29, 0.717) is 25.5 Å². The van der Waals surface area contributed by atoms with Gasteiger partial charge in [0.1, 0.15) is 0 Å². The number of allylic oxidation sites excluding steroid dienone is 4. The Labute approximate surface area is 124 Å². The summed E-state index contributed by atoms with van der Waals surface area (Å²) >= 11 is 0. The van der Waals surface area contributed by atoms with Crippen LogP contribution in [0.15, 0.2) is 24.3 Å². The first-order chi connectivity index (χ1) is 10.0. The Bertz CT molecular complexity index is 408. The molecule has 0 aromatic carbocycles. The van der Waals surface area contributed by atoms with Crippen LogP contribution in [0.1, 0.15) is 25.7 Å². The summed E-state index contributed by atoms with van der Waals surface area (Å²) in [6, 6.07) is -0.629. The van der Waals surface area contributed by atoms with Crippen molar-refractivity contribution in [2.45, 2.75) is 38.0 Å². The van der Waals surface area contributed by atoms with Gasteiger partial charge in [0.15, 0.2) is 6.29 Å². The van der Waals surface area contributed by atoms with Gasteiger partial charge in [0.2, 0.25) is 0 Å². The highest BCUT2D eigenvalue weighted by atomic mass is 16.5. The summed E-state index contributed by atoms with van der Waals surface area (Å²) in [5, 5.41) is 20.3. The van der Waals surface area contributed by atoms with Crippen LogP contribution < -0.4 is 11.1 Å². The second-order valence-corrected chi connectivity index (χ2v) is 5.83. The predicted octanol–water partition coefficient (Wildman–Crippen LogP) is 0.653. The topological polar surface area (TPSA) is 105 Å². The molecule has 0 aromatic rings. The number of aliphatic hydroxyl groups excluding tert-OH is 1. The lowest BCUT2D eigenvalue weighted by atomic mass is 10.1. The van der Waals surface area contributed by atoms with Gasteiger partial charge in [-0.1, -0.05) is 24.3 Å². The fraction of sp³-hybridized carbons (Fsp3) is 0.667. The van der Waals surface area contributed by atoms with Crippen molar-refractivity contribution in [3.05, 3.63) is 24.3 Å². The van der Waals surface area contributed by atoms with E-state index >= 15 is 0 Å². The van der Waals surface area contributed by atoms with E-state index in [9.17, 15) is 4.79 Å².